The highest BCUT2D eigenvalue weighted by molar-refractivity contribution is 7.13. The first-order valence-corrected chi connectivity index (χ1v) is 9.58. The van der Waals surface area contributed by atoms with Gasteiger partial charge in [0.2, 0.25) is 11.7 Å². The Bertz CT molecular complexity index is 1040. The molecule has 0 bridgehead atoms. The molecule has 2 N–H and O–H groups in total. The molecule has 2 heterocycles. The molecule has 0 unspecified atom stereocenters. The standard InChI is InChI=1S/C19H22N4O5S/c1-10(17(24)22-19-20-6-7-29-19)21-18(25)12-8-11-9-13(26-3)15(27-4)16(28-5)14(11)23(12)2/h6-10H,1-5H3,(H,21,25)(H,20,22,24)/t10-/m0/s1. The van der Waals surface area contributed by atoms with Crippen LogP contribution in [0.2, 0.25) is 0 Å². The van der Waals surface area contributed by atoms with E-state index < -0.39 is 11.9 Å². The van der Waals surface area contributed by atoms with E-state index in [1.807, 2.05) is 0 Å². The van der Waals surface area contributed by atoms with Gasteiger partial charge in [0.1, 0.15) is 11.7 Å². The van der Waals surface area contributed by atoms with E-state index in [9.17, 15) is 9.59 Å². The van der Waals surface area contributed by atoms with Crippen LogP contribution in [0.5, 0.6) is 17.2 Å². The van der Waals surface area contributed by atoms with E-state index in [-0.39, 0.29) is 5.91 Å². The van der Waals surface area contributed by atoms with Crippen LogP contribution in [0.4, 0.5) is 5.13 Å². The summed E-state index contributed by atoms with van der Waals surface area (Å²) in [6.07, 6.45) is 1.59. The minimum absolute atomic E-state index is 0.354. The Morgan fingerprint density at radius 3 is 2.45 bits per heavy atom. The zero-order chi connectivity index (χ0) is 21.1. The van der Waals surface area contributed by atoms with Crippen molar-refractivity contribution in [3.8, 4) is 17.2 Å². The number of hydrogen-bond donors (Lipinski definition) is 2. The first-order chi connectivity index (χ1) is 13.9. The second-order valence-electron chi connectivity index (χ2n) is 6.19. The number of benzene rings is 1. The van der Waals surface area contributed by atoms with Gasteiger partial charge in [-0.05, 0) is 19.1 Å². The highest BCUT2D eigenvalue weighted by atomic mass is 32.1. The minimum atomic E-state index is -0.754. The molecule has 0 aliphatic rings. The number of hydrogen-bond acceptors (Lipinski definition) is 7. The Morgan fingerprint density at radius 1 is 1.14 bits per heavy atom. The summed E-state index contributed by atoms with van der Waals surface area (Å²) in [6, 6.07) is 2.72. The summed E-state index contributed by atoms with van der Waals surface area (Å²) >= 11 is 1.30. The fourth-order valence-electron chi connectivity index (χ4n) is 3.03. The third-order valence-electron chi connectivity index (χ3n) is 4.46. The van der Waals surface area contributed by atoms with Gasteiger partial charge in [0.05, 0.1) is 26.8 Å². The summed E-state index contributed by atoms with van der Waals surface area (Å²) < 4.78 is 18.0. The van der Waals surface area contributed by atoms with Crippen LogP contribution in [0.25, 0.3) is 10.9 Å². The van der Waals surface area contributed by atoms with Gasteiger partial charge in [0.15, 0.2) is 16.6 Å². The van der Waals surface area contributed by atoms with Gasteiger partial charge in [-0.2, -0.15) is 0 Å². The average Bonchev–Trinajstić information content (AvgIpc) is 3.34. The highest BCUT2D eigenvalue weighted by Gasteiger charge is 2.24. The lowest BCUT2D eigenvalue weighted by molar-refractivity contribution is -0.117. The van der Waals surface area contributed by atoms with Crippen LogP contribution >= 0.6 is 11.3 Å². The fraction of sp³-hybridized carbons (Fsp3) is 0.316. The number of fused-ring (bicyclic) bond motifs is 1. The number of aromatic nitrogens is 2. The molecule has 29 heavy (non-hydrogen) atoms. The number of anilines is 1. The number of nitrogens with zero attached hydrogens (tertiary/aromatic N) is 2. The lowest BCUT2D eigenvalue weighted by atomic mass is 10.2. The molecule has 2 aromatic heterocycles. The zero-order valence-electron chi connectivity index (χ0n) is 16.7. The average molecular weight is 418 g/mol. The quantitative estimate of drug-likeness (QED) is 0.611. The topological polar surface area (TPSA) is 104 Å². The third-order valence-corrected chi connectivity index (χ3v) is 5.15. The summed E-state index contributed by atoms with van der Waals surface area (Å²) in [6.45, 7) is 1.61. The van der Waals surface area contributed by atoms with Crippen LogP contribution in [0.3, 0.4) is 0 Å². The number of ether oxygens (including phenoxy) is 3. The zero-order valence-corrected chi connectivity index (χ0v) is 17.5. The van der Waals surface area contributed by atoms with E-state index in [4.69, 9.17) is 14.2 Å². The number of carbonyl (C=O) groups excluding carboxylic acids is 2. The van der Waals surface area contributed by atoms with E-state index in [2.05, 4.69) is 15.6 Å². The van der Waals surface area contributed by atoms with E-state index >= 15 is 0 Å². The summed E-state index contributed by atoms with van der Waals surface area (Å²) in [5.41, 5.74) is 1.04. The van der Waals surface area contributed by atoms with Crippen LogP contribution in [0, 0.1) is 0 Å². The Labute approximate surface area is 171 Å². The molecule has 1 atom stereocenters. The maximum absolute atomic E-state index is 12.8. The highest BCUT2D eigenvalue weighted by Crippen LogP contribution is 2.44. The number of thiazole rings is 1. The molecule has 0 fully saturated rings. The maximum Gasteiger partial charge on any atom is 0.268 e. The van der Waals surface area contributed by atoms with E-state index in [0.29, 0.717) is 33.6 Å². The van der Waals surface area contributed by atoms with E-state index in [1.165, 1.54) is 32.7 Å². The summed E-state index contributed by atoms with van der Waals surface area (Å²) in [7, 11) is 6.31. The Morgan fingerprint density at radius 2 is 1.86 bits per heavy atom. The monoisotopic (exact) mass is 418 g/mol. The van der Waals surface area contributed by atoms with Crippen molar-refractivity contribution in [2.45, 2.75) is 13.0 Å². The third kappa shape index (κ3) is 3.83. The van der Waals surface area contributed by atoms with Crippen LogP contribution in [0.15, 0.2) is 23.7 Å². The number of rotatable bonds is 7. The molecular weight excluding hydrogens is 396 g/mol. The van der Waals surface area contributed by atoms with Gasteiger partial charge in [0, 0.05) is 24.0 Å². The van der Waals surface area contributed by atoms with Gasteiger partial charge < -0.3 is 29.4 Å². The molecule has 0 aliphatic heterocycles. The fourth-order valence-corrected chi connectivity index (χ4v) is 3.57. The molecule has 0 spiro atoms. The van der Waals surface area contributed by atoms with Crippen LogP contribution in [-0.4, -0.2) is 48.7 Å². The predicted octanol–water partition coefficient (Wildman–Crippen LogP) is 2.42. The smallest absolute Gasteiger partial charge is 0.268 e. The lowest BCUT2D eigenvalue weighted by Gasteiger charge is -2.15. The molecule has 9 nitrogen and oxygen atoms in total. The van der Waals surface area contributed by atoms with Gasteiger partial charge in [-0.3, -0.25) is 9.59 Å². The Balaban J connectivity index is 1.90. The number of carbonyl (C=O) groups is 2. The molecule has 10 heteroatoms. The largest absolute Gasteiger partial charge is 0.493 e. The summed E-state index contributed by atoms with van der Waals surface area (Å²) in [4.78, 5) is 29.1. The van der Waals surface area contributed by atoms with Crippen molar-refractivity contribution in [1.82, 2.24) is 14.9 Å². The van der Waals surface area contributed by atoms with Gasteiger partial charge in [-0.1, -0.05) is 0 Å². The van der Waals surface area contributed by atoms with Crippen molar-refractivity contribution in [2.75, 3.05) is 26.6 Å². The summed E-state index contributed by atoms with van der Waals surface area (Å²) in [5.74, 6) is 0.633. The van der Waals surface area contributed by atoms with Gasteiger partial charge in [-0.25, -0.2) is 4.98 Å². The molecular formula is C19H22N4O5S. The molecule has 154 valence electrons. The number of amides is 2. The van der Waals surface area contributed by atoms with Crippen molar-refractivity contribution in [3.63, 3.8) is 0 Å². The molecule has 0 saturated heterocycles. The number of nitrogens with one attached hydrogen (secondary N) is 2. The van der Waals surface area contributed by atoms with Crippen LogP contribution in [-0.2, 0) is 11.8 Å². The predicted molar refractivity (Wildman–Crippen MR) is 110 cm³/mol. The normalized spacial score (nSPS) is 11.8. The molecule has 0 radical (unpaired) electrons. The van der Waals surface area contributed by atoms with Crippen molar-refractivity contribution < 1.29 is 23.8 Å². The van der Waals surface area contributed by atoms with Crippen molar-refractivity contribution >= 4 is 39.2 Å². The first-order valence-electron chi connectivity index (χ1n) is 8.70. The second-order valence-corrected chi connectivity index (χ2v) is 7.09. The molecule has 3 rings (SSSR count). The summed E-state index contributed by atoms with van der Waals surface area (Å²) in [5, 5.41) is 8.34. The second kappa shape index (κ2) is 8.39. The van der Waals surface area contributed by atoms with E-state index in [0.717, 1.165) is 5.39 Å². The Kier molecular flexibility index (Phi) is 5.92. The molecule has 1 aromatic carbocycles. The van der Waals surface area contributed by atoms with Crippen molar-refractivity contribution in [1.29, 1.82) is 0 Å². The van der Waals surface area contributed by atoms with Gasteiger partial charge in [0.25, 0.3) is 5.91 Å². The van der Waals surface area contributed by atoms with Gasteiger partial charge in [-0.15, -0.1) is 11.3 Å². The van der Waals surface area contributed by atoms with E-state index in [1.54, 1.807) is 42.2 Å². The molecule has 0 aliphatic carbocycles. The van der Waals surface area contributed by atoms with Crippen molar-refractivity contribution in [2.24, 2.45) is 7.05 Å². The van der Waals surface area contributed by atoms with Crippen molar-refractivity contribution in [3.05, 3.63) is 29.4 Å². The van der Waals surface area contributed by atoms with Crippen LogP contribution in [0.1, 0.15) is 17.4 Å². The first kappa shape index (κ1) is 20.5. The maximum atomic E-state index is 12.8. The van der Waals surface area contributed by atoms with Gasteiger partial charge >= 0.3 is 0 Å². The minimum Gasteiger partial charge on any atom is -0.493 e. The number of aryl methyl sites for hydroxylation is 1. The Hall–Kier alpha value is -3.27. The lowest BCUT2D eigenvalue weighted by Crippen LogP contribution is -2.42. The van der Waals surface area contributed by atoms with Crippen LogP contribution < -0.4 is 24.8 Å². The molecule has 0 saturated carbocycles. The molecule has 2 amide bonds. The molecule has 3 aromatic rings. The SMILES string of the molecule is COc1cc2cc(C(=O)N[C@@H](C)C(=O)Nc3nccs3)n(C)c2c(OC)c1OC. The number of methoxy groups -OCH3 is 3.